The van der Waals surface area contributed by atoms with E-state index in [1.165, 1.54) is 6.92 Å². The van der Waals surface area contributed by atoms with Crippen molar-refractivity contribution in [1.82, 2.24) is 4.98 Å². The van der Waals surface area contributed by atoms with Gasteiger partial charge >= 0.3 is 23.9 Å². The second-order valence-corrected chi connectivity index (χ2v) is 10.2. The first-order chi connectivity index (χ1) is 19.3. The van der Waals surface area contributed by atoms with Gasteiger partial charge in [-0.1, -0.05) is 5.16 Å². The van der Waals surface area contributed by atoms with Crippen LogP contribution < -0.4 is 4.90 Å². The van der Waals surface area contributed by atoms with Crippen LogP contribution >= 0.6 is 0 Å². The quantitative estimate of drug-likeness (QED) is 0.174. The van der Waals surface area contributed by atoms with E-state index in [2.05, 4.69) is 16.1 Å². The maximum absolute atomic E-state index is 12.0. The molecule has 2 aliphatic heterocycles. The van der Waals surface area contributed by atoms with Gasteiger partial charge in [0.1, 0.15) is 12.7 Å². The van der Waals surface area contributed by atoms with Gasteiger partial charge in [0.25, 0.3) is 6.29 Å². The van der Waals surface area contributed by atoms with Gasteiger partial charge < -0.3 is 33.4 Å². The van der Waals surface area contributed by atoms with Crippen LogP contribution in [-0.4, -0.2) is 85.0 Å². The number of nitrogens with zero attached hydrogens (tertiary/aromatic N) is 3. The lowest BCUT2D eigenvalue weighted by Gasteiger charge is -2.43. The van der Waals surface area contributed by atoms with Crippen LogP contribution in [0.15, 0.2) is 11.2 Å². The van der Waals surface area contributed by atoms with Crippen LogP contribution in [0, 0.1) is 13.8 Å². The van der Waals surface area contributed by atoms with E-state index in [1.54, 1.807) is 6.92 Å². The van der Waals surface area contributed by atoms with Gasteiger partial charge in [0.05, 0.1) is 17.1 Å². The van der Waals surface area contributed by atoms with Gasteiger partial charge in [0, 0.05) is 52.9 Å². The van der Waals surface area contributed by atoms with Gasteiger partial charge in [-0.3, -0.25) is 24.2 Å². The molecule has 13 heteroatoms. The Bertz CT molecular complexity index is 1170. The molecule has 0 unspecified atom stereocenters. The standard InChI is InChI=1S/C28H39N3O10/c1-15-13-23-22(29-17(15)3)9-8-11-31(23)12-10-16(2)30-41-28-27(39-21(7)35)26(38-20(6)34)25(37-19(5)33)24(40-28)14-36-18(4)32/h13,24-28H,8-12,14H2,1-7H3/b30-16+/t24-,25+,26+,27-,28+/m1/s1. The van der Waals surface area contributed by atoms with Crippen LogP contribution in [0.2, 0.25) is 0 Å². The van der Waals surface area contributed by atoms with Crippen molar-refractivity contribution >= 4 is 35.3 Å². The number of aryl methyl sites for hydroxylation is 3. The Labute approximate surface area is 239 Å². The Morgan fingerprint density at radius 1 is 0.951 bits per heavy atom. The fourth-order valence-corrected chi connectivity index (χ4v) is 4.75. The summed E-state index contributed by atoms with van der Waals surface area (Å²) in [5.41, 5.74) is 4.99. The van der Waals surface area contributed by atoms with Crippen molar-refractivity contribution in [1.29, 1.82) is 0 Å². The highest BCUT2D eigenvalue weighted by Crippen LogP contribution is 2.31. The zero-order chi connectivity index (χ0) is 30.3. The number of rotatable bonds is 10. The molecule has 0 N–H and O–H groups in total. The molecule has 226 valence electrons. The number of carbonyl (C=O) groups is 4. The van der Waals surface area contributed by atoms with Gasteiger partial charge in [-0.05, 0) is 45.2 Å². The number of fused-ring (bicyclic) bond motifs is 1. The number of hydrogen-bond acceptors (Lipinski definition) is 13. The lowest BCUT2D eigenvalue weighted by atomic mass is 9.98. The van der Waals surface area contributed by atoms with E-state index < -0.39 is 54.6 Å². The van der Waals surface area contributed by atoms with Gasteiger partial charge in [-0.25, -0.2) is 0 Å². The van der Waals surface area contributed by atoms with Crippen LogP contribution in [0.3, 0.4) is 0 Å². The molecule has 1 aromatic rings. The summed E-state index contributed by atoms with van der Waals surface area (Å²) in [5, 5.41) is 4.21. The van der Waals surface area contributed by atoms with Crippen LogP contribution in [-0.2, 0) is 54.1 Å². The number of pyridine rings is 1. The van der Waals surface area contributed by atoms with Crippen LogP contribution in [0.1, 0.15) is 64.4 Å². The molecule has 0 saturated carbocycles. The van der Waals surface area contributed by atoms with E-state index in [4.69, 9.17) is 33.5 Å². The van der Waals surface area contributed by atoms with E-state index in [0.717, 1.165) is 62.8 Å². The summed E-state index contributed by atoms with van der Waals surface area (Å²) >= 11 is 0. The maximum atomic E-state index is 12.0. The summed E-state index contributed by atoms with van der Waals surface area (Å²) in [6.07, 6.45) is -3.90. The largest absolute Gasteiger partial charge is 0.463 e. The first-order valence-corrected chi connectivity index (χ1v) is 13.6. The highest BCUT2D eigenvalue weighted by Gasteiger charge is 2.53. The van der Waals surface area contributed by atoms with Crippen molar-refractivity contribution in [2.24, 2.45) is 5.16 Å². The van der Waals surface area contributed by atoms with Gasteiger partial charge in [-0.2, -0.15) is 0 Å². The van der Waals surface area contributed by atoms with Crippen molar-refractivity contribution in [2.45, 2.75) is 98.4 Å². The number of aromatic nitrogens is 1. The summed E-state index contributed by atoms with van der Waals surface area (Å²) in [6.45, 7) is 11.7. The van der Waals surface area contributed by atoms with E-state index in [0.29, 0.717) is 18.7 Å². The van der Waals surface area contributed by atoms with E-state index in [1.807, 2.05) is 13.8 Å². The van der Waals surface area contributed by atoms with Gasteiger partial charge in [0.2, 0.25) is 6.10 Å². The van der Waals surface area contributed by atoms with Crippen molar-refractivity contribution in [3.63, 3.8) is 0 Å². The Morgan fingerprint density at radius 3 is 2.22 bits per heavy atom. The molecule has 0 aliphatic carbocycles. The average molecular weight is 578 g/mol. The zero-order valence-electron chi connectivity index (χ0n) is 24.6. The molecule has 0 spiro atoms. The molecule has 0 aromatic carbocycles. The molecular formula is C28H39N3O10. The van der Waals surface area contributed by atoms with Crippen LogP contribution in [0.5, 0.6) is 0 Å². The lowest BCUT2D eigenvalue weighted by molar-refractivity contribution is -0.308. The molecule has 1 saturated heterocycles. The fourth-order valence-electron chi connectivity index (χ4n) is 4.75. The molecule has 0 bridgehead atoms. The second kappa shape index (κ2) is 14.2. The third kappa shape index (κ3) is 8.87. The summed E-state index contributed by atoms with van der Waals surface area (Å²) < 4.78 is 27.2. The summed E-state index contributed by atoms with van der Waals surface area (Å²) in [7, 11) is 0. The molecule has 5 atom stereocenters. The Morgan fingerprint density at radius 2 is 1.59 bits per heavy atom. The van der Waals surface area contributed by atoms with Crippen molar-refractivity contribution in [2.75, 3.05) is 24.6 Å². The van der Waals surface area contributed by atoms with Crippen LogP contribution in [0.25, 0.3) is 0 Å². The predicted molar refractivity (Wildman–Crippen MR) is 145 cm³/mol. The fraction of sp³-hybridized carbons (Fsp3) is 0.643. The highest BCUT2D eigenvalue weighted by atomic mass is 16.8. The smallest absolute Gasteiger partial charge is 0.303 e. The first kappa shape index (κ1) is 31.8. The Balaban J connectivity index is 1.79. The van der Waals surface area contributed by atoms with Gasteiger partial charge in [0.15, 0.2) is 12.2 Å². The third-order valence-corrected chi connectivity index (χ3v) is 6.71. The third-order valence-electron chi connectivity index (χ3n) is 6.71. The first-order valence-electron chi connectivity index (χ1n) is 13.6. The molecule has 41 heavy (non-hydrogen) atoms. The molecule has 2 aliphatic rings. The van der Waals surface area contributed by atoms with E-state index >= 15 is 0 Å². The number of ether oxygens (including phenoxy) is 5. The Hall–Kier alpha value is -3.74. The van der Waals surface area contributed by atoms with E-state index in [-0.39, 0.29) is 6.61 Å². The minimum Gasteiger partial charge on any atom is -0.463 e. The molecule has 1 fully saturated rings. The van der Waals surface area contributed by atoms with Crippen molar-refractivity contribution in [3.8, 4) is 0 Å². The minimum atomic E-state index is -1.36. The van der Waals surface area contributed by atoms with Crippen LogP contribution in [0.4, 0.5) is 5.69 Å². The van der Waals surface area contributed by atoms with Gasteiger partial charge in [-0.15, -0.1) is 0 Å². The minimum absolute atomic E-state index is 0.346. The number of hydrogen-bond donors (Lipinski definition) is 0. The number of oxime groups is 1. The number of carbonyl (C=O) groups excluding carboxylic acids is 4. The number of esters is 4. The summed E-state index contributed by atoms with van der Waals surface area (Å²) in [5.74, 6) is -2.75. The normalized spacial score (nSPS) is 24.1. The molecule has 3 rings (SSSR count). The lowest BCUT2D eigenvalue weighted by Crippen LogP contribution is -2.62. The molecule has 0 amide bonds. The monoisotopic (exact) mass is 577 g/mol. The molecular weight excluding hydrogens is 538 g/mol. The Kier molecular flexibility index (Phi) is 11.0. The highest BCUT2D eigenvalue weighted by molar-refractivity contribution is 5.82. The maximum Gasteiger partial charge on any atom is 0.303 e. The second-order valence-electron chi connectivity index (χ2n) is 10.2. The SMILES string of the molecule is CC(=O)OC[C@H]1O[C@@H](O/N=C(\C)CCN2CCCc3nc(C)c(C)cc32)[C@H](OC(C)=O)[C@@H](OC(C)=O)[C@H]1OC(C)=O. The average Bonchev–Trinajstić information content (AvgIpc) is 2.87. The van der Waals surface area contributed by atoms with Crippen molar-refractivity contribution in [3.05, 3.63) is 23.0 Å². The number of anilines is 1. The molecule has 0 radical (unpaired) electrons. The summed E-state index contributed by atoms with van der Waals surface area (Å²) in [4.78, 5) is 60.0. The van der Waals surface area contributed by atoms with Crippen molar-refractivity contribution < 1.29 is 47.7 Å². The molecule has 1 aromatic heterocycles. The topological polar surface area (TPSA) is 152 Å². The molecule has 3 heterocycles. The van der Waals surface area contributed by atoms with E-state index in [9.17, 15) is 19.2 Å². The summed E-state index contributed by atoms with van der Waals surface area (Å²) in [6, 6.07) is 2.16. The molecule has 13 nitrogen and oxygen atoms in total. The zero-order valence-corrected chi connectivity index (χ0v) is 24.6. The predicted octanol–water partition coefficient (Wildman–Crippen LogP) is 2.32.